The van der Waals surface area contributed by atoms with Crippen LogP contribution in [0.25, 0.3) is 0 Å². The number of carbonyl (C=O) groups excluding carboxylic acids is 3. The molecule has 0 amide bonds. The van der Waals surface area contributed by atoms with Crippen LogP contribution < -0.4 is 0 Å². The summed E-state index contributed by atoms with van der Waals surface area (Å²) in [6, 6.07) is 0. The topological polar surface area (TPSA) is 78.9 Å². The fourth-order valence-electron chi connectivity index (χ4n) is 9.67. The molecule has 0 bridgehead atoms. The number of hydrogen-bond acceptors (Lipinski definition) is 6. The van der Waals surface area contributed by atoms with E-state index in [9.17, 15) is 14.4 Å². The summed E-state index contributed by atoms with van der Waals surface area (Å²) in [5, 5.41) is 0. The first-order valence-corrected chi connectivity index (χ1v) is 34.4. The minimum atomic E-state index is -0.791. The van der Waals surface area contributed by atoms with Crippen molar-refractivity contribution < 1.29 is 28.6 Å². The molecule has 0 saturated heterocycles. The SMILES string of the molecule is CC/C=C\C/C=C\C/C=C\C/C=C\C/C=C\C/C=C\C/C=C\C/C=C\C/C=C\CCCCCC(=O)OCC(COC(=O)CCCCCCCCCCCCCC)OC(=O)CCCCCCCCCCCCCCCCCCCCCC. The first-order valence-electron chi connectivity index (χ1n) is 34.4. The summed E-state index contributed by atoms with van der Waals surface area (Å²) < 4.78 is 16.9. The Bertz CT molecular complexity index is 1620. The molecule has 0 spiro atoms. The molecule has 1 atom stereocenters. The second-order valence-electron chi connectivity index (χ2n) is 22.7. The van der Waals surface area contributed by atoms with Gasteiger partial charge in [-0.2, -0.15) is 0 Å². The molecule has 6 heteroatoms. The molecule has 0 rings (SSSR count). The van der Waals surface area contributed by atoms with Crippen molar-refractivity contribution in [2.45, 2.75) is 335 Å². The van der Waals surface area contributed by atoms with Crippen LogP contribution >= 0.6 is 0 Å². The van der Waals surface area contributed by atoms with Crippen LogP contribution in [0, 0.1) is 0 Å². The summed E-state index contributed by atoms with van der Waals surface area (Å²) in [7, 11) is 0. The lowest BCUT2D eigenvalue weighted by atomic mass is 10.0. The summed E-state index contributed by atoms with van der Waals surface area (Å²) in [5.41, 5.74) is 0. The average molecular weight is 1130 g/mol. The van der Waals surface area contributed by atoms with E-state index in [2.05, 4.69) is 130 Å². The number of esters is 3. The van der Waals surface area contributed by atoms with E-state index in [0.29, 0.717) is 19.3 Å². The van der Waals surface area contributed by atoms with Crippen LogP contribution in [0.3, 0.4) is 0 Å². The molecular weight excluding hydrogens is 997 g/mol. The smallest absolute Gasteiger partial charge is 0.306 e. The van der Waals surface area contributed by atoms with Gasteiger partial charge in [-0.25, -0.2) is 0 Å². The summed E-state index contributed by atoms with van der Waals surface area (Å²) in [6.45, 7) is 6.53. The normalized spacial score (nSPS) is 12.8. The van der Waals surface area contributed by atoms with Gasteiger partial charge in [0.05, 0.1) is 0 Å². The molecular formula is C75H128O6. The van der Waals surface area contributed by atoms with Crippen LogP contribution in [-0.2, 0) is 28.6 Å². The Hall–Kier alpha value is -3.93. The first kappa shape index (κ1) is 77.1. The Morgan fingerprint density at radius 3 is 0.753 bits per heavy atom. The van der Waals surface area contributed by atoms with Crippen LogP contribution in [0.15, 0.2) is 109 Å². The van der Waals surface area contributed by atoms with Gasteiger partial charge in [-0.15, -0.1) is 0 Å². The highest BCUT2D eigenvalue weighted by molar-refractivity contribution is 5.71. The van der Waals surface area contributed by atoms with Crippen molar-refractivity contribution in [3.8, 4) is 0 Å². The fraction of sp³-hybridized carbons (Fsp3) is 0.720. The van der Waals surface area contributed by atoms with Crippen LogP contribution in [0.2, 0.25) is 0 Å². The molecule has 6 nitrogen and oxygen atoms in total. The van der Waals surface area contributed by atoms with E-state index in [0.717, 1.165) is 122 Å². The third-order valence-electron chi connectivity index (χ3n) is 14.8. The lowest BCUT2D eigenvalue weighted by Crippen LogP contribution is -2.30. The Balaban J connectivity index is 4.34. The summed E-state index contributed by atoms with van der Waals surface area (Å²) in [6.07, 6.45) is 93.9. The third-order valence-corrected chi connectivity index (χ3v) is 14.8. The number of ether oxygens (including phenoxy) is 3. The van der Waals surface area contributed by atoms with E-state index in [1.807, 2.05) is 0 Å². The Labute approximate surface area is 501 Å². The van der Waals surface area contributed by atoms with E-state index < -0.39 is 6.10 Å². The number of unbranched alkanes of at least 4 members (excludes halogenated alkanes) is 33. The van der Waals surface area contributed by atoms with Gasteiger partial charge in [0.2, 0.25) is 0 Å². The fourth-order valence-corrected chi connectivity index (χ4v) is 9.67. The monoisotopic (exact) mass is 1120 g/mol. The zero-order chi connectivity index (χ0) is 58.5. The van der Waals surface area contributed by atoms with Crippen molar-refractivity contribution in [2.75, 3.05) is 13.2 Å². The average Bonchev–Trinajstić information content (AvgIpc) is 3.47. The van der Waals surface area contributed by atoms with Crippen molar-refractivity contribution in [3.05, 3.63) is 109 Å². The van der Waals surface area contributed by atoms with Crippen molar-refractivity contribution in [3.63, 3.8) is 0 Å². The van der Waals surface area contributed by atoms with Crippen LogP contribution in [-0.4, -0.2) is 37.2 Å². The molecule has 0 aromatic heterocycles. The van der Waals surface area contributed by atoms with Gasteiger partial charge in [0.1, 0.15) is 13.2 Å². The molecule has 0 fully saturated rings. The predicted octanol–water partition coefficient (Wildman–Crippen LogP) is 23.8. The van der Waals surface area contributed by atoms with Crippen molar-refractivity contribution in [1.29, 1.82) is 0 Å². The molecule has 0 heterocycles. The number of hydrogen-bond donors (Lipinski definition) is 0. The predicted molar refractivity (Wildman–Crippen MR) is 353 cm³/mol. The van der Waals surface area contributed by atoms with Gasteiger partial charge >= 0.3 is 17.9 Å². The van der Waals surface area contributed by atoms with Crippen LogP contribution in [0.5, 0.6) is 0 Å². The van der Waals surface area contributed by atoms with Crippen LogP contribution in [0.4, 0.5) is 0 Å². The highest BCUT2D eigenvalue weighted by Crippen LogP contribution is 2.17. The molecule has 0 aromatic rings. The molecule has 0 aliphatic carbocycles. The van der Waals surface area contributed by atoms with E-state index >= 15 is 0 Å². The number of carbonyl (C=O) groups is 3. The van der Waals surface area contributed by atoms with Gasteiger partial charge in [0.25, 0.3) is 0 Å². The molecule has 0 aliphatic rings. The van der Waals surface area contributed by atoms with Gasteiger partial charge in [-0.3, -0.25) is 14.4 Å². The quantitative estimate of drug-likeness (QED) is 0.0261. The lowest BCUT2D eigenvalue weighted by molar-refractivity contribution is -0.167. The summed E-state index contributed by atoms with van der Waals surface area (Å²) in [5.74, 6) is -0.905. The molecule has 1 unspecified atom stereocenters. The highest BCUT2D eigenvalue weighted by Gasteiger charge is 2.19. The van der Waals surface area contributed by atoms with E-state index in [-0.39, 0.29) is 31.1 Å². The van der Waals surface area contributed by atoms with Gasteiger partial charge in [-0.05, 0) is 89.9 Å². The zero-order valence-corrected chi connectivity index (χ0v) is 53.3. The van der Waals surface area contributed by atoms with E-state index in [1.54, 1.807) is 0 Å². The molecule has 0 saturated carbocycles. The molecule has 0 aromatic carbocycles. The maximum atomic E-state index is 12.9. The molecule has 81 heavy (non-hydrogen) atoms. The third kappa shape index (κ3) is 66.8. The largest absolute Gasteiger partial charge is 0.462 e. The molecule has 0 radical (unpaired) electrons. The van der Waals surface area contributed by atoms with Crippen molar-refractivity contribution in [1.82, 2.24) is 0 Å². The molecule has 0 N–H and O–H groups in total. The number of rotatable bonds is 62. The van der Waals surface area contributed by atoms with Gasteiger partial charge in [-0.1, -0.05) is 329 Å². The Morgan fingerprint density at radius 2 is 0.481 bits per heavy atom. The summed E-state index contributed by atoms with van der Waals surface area (Å²) >= 11 is 0. The van der Waals surface area contributed by atoms with Crippen molar-refractivity contribution in [2.24, 2.45) is 0 Å². The van der Waals surface area contributed by atoms with E-state index in [4.69, 9.17) is 14.2 Å². The van der Waals surface area contributed by atoms with Gasteiger partial charge < -0.3 is 14.2 Å². The van der Waals surface area contributed by atoms with Gasteiger partial charge in [0.15, 0.2) is 6.10 Å². The molecule has 464 valence electrons. The highest BCUT2D eigenvalue weighted by atomic mass is 16.6. The maximum Gasteiger partial charge on any atom is 0.306 e. The minimum Gasteiger partial charge on any atom is -0.462 e. The summed E-state index contributed by atoms with van der Waals surface area (Å²) in [4.78, 5) is 38.3. The molecule has 0 aliphatic heterocycles. The second kappa shape index (κ2) is 68.6. The standard InChI is InChI=1S/C75H128O6/c1-4-7-10-13-16-19-22-25-27-29-31-33-34-35-36-37-38-39-40-41-42-43-45-46-48-50-53-56-59-62-65-68-74(77)80-71-72(70-79-73(76)67-64-61-58-55-52-24-21-18-15-12-9-6-3)81-75(78)69-66-63-60-57-54-51-49-47-44-32-30-28-26-23-20-17-14-11-8-5-2/h7,10,16,19,25,27,31,33,35-36,38-39,41-42,45-46,50,53,72H,4-6,8-9,11-15,17-18,20-24,26,28-30,32,34,37,40,43-44,47-49,51-52,54-71H2,1-3H3/b10-7-,19-16-,27-25-,33-31-,36-35-,39-38-,42-41-,46-45-,53-50-. The first-order chi connectivity index (χ1) is 40.0. The Morgan fingerprint density at radius 1 is 0.259 bits per heavy atom. The Kier molecular flexibility index (Phi) is 65.2. The number of allylic oxidation sites excluding steroid dienone is 18. The van der Waals surface area contributed by atoms with Crippen molar-refractivity contribution >= 4 is 17.9 Å². The van der Waals surface area contributed by atoms with E-state index in [1.165, 1.54) is 167 Å². The van der Waals surface area contributed by atoms with Gasteiger partial charge in [0, 0.05) is 19.3 Å². The zero-order valence-electron chi connectivity index (χ0n) is 53.3. The van der Waals surface area contributed by atoms with Crippen LogP contribution in [0.1, 0.15) is 329 Å². The maximum absolute atomic E-state index is 12.9. The minimum absolute atomic E-state index is 0.0847. The lowest BCUT2D eigenvalue weighted by Gasteiger charge is -2.18. The second-order valence-corrected chi connectivity index (χ2v) is 22.7.